The first kappa shape index (κ1) is 9.93. The van der Waals surface area contributed by atoms with Crippen molar-refractivity contribution >= 4 is 12.3 Å². The van der Waals surface area contributed by atoms with Gasteiger partial charge in [0.25, 0.3) is 0 Å². The van der Waals surface area contributed by atoms with Crippen molar-refractivity contribution in [1.82, 2.24) is 4.98 Å². The van der Waals surface area contributed by atoms with Gasteiger partial charge in [0.15, 0.2) is 0 Å². The molecule has 14 heavy (non-hydrogen) atoms. The molecule has 0 amide bonds. The molecule has 1 aromatic rings. The van der Waals surface area contributed by atoms with E-state index in [1.165, 1.54) is 18.3 Å². The van der Waals surface area contributed by atoms with Crippen molar-refractivity contribution in [2.75, 3.05) is 0 Å². The lowest BCUT2D eigenvalue weighted by molar-refractivity contribution is -0.107. The van der Waals surface area contributed by atoms with Gasteiger partial charge in [0.2, 0.25) is 0 Å². The van der Waals surface area contributed by atoms with E-state index in [1.54, 1.807) is 0 Å². The van der Waals surface area contributed by atoms with E-state index in [9.17, 15) is 9.59 Å². The highest BCUT2D eigenvalue weighted by molar-refractivity contribution is 5.89. The smallest absolute Gasteiger partial charge is 0.338 e. The zero-order chi connectivity index (χ0) is 10.4. The maximum atomic E-state index is 10.7. The van der Waals surface area contributed by atoms with Crippen LogP contribution < -0.4 is 0 Å². The third-order valence-corrected chi connectivity index (χ3v) is 1.43. The van der Waals surface area contributed by atoms with E-state index in [2.05, 4.69) is 16.8 Å². The second kappa shape index (κ2) is 4.77. The summed E-state index contributed by atoms with van der Waals surface area (Å²) in [4.78, 5) is 24.5. The number of pyridine rings is 1. The van der Waals surface area contributed by atoms with Gasteiger partial charge < -0.3 is 9.90 Å². The SMILES string of the molecule is O=CCC#Cc1ncccc1C(=O)O. The van der Waals surface area contributed by atoms with Crippen molar-refractivity contribution in [3.8, 4) is 11.8 Å². The fourth-order valence-corrected chi connectivity index (χ4v) is 0.854. The van der Waals surface area contributed by atoms with E-state index in [0.717, 1.165) is 0 Å². The maximum absolute atomic E-state index is 10.7. The molecule has 4 heteroatoms. The van der Waals surface area contributed by atoms with Crippen LogP contribution in [0.25, 0.3) is 0 Å². The molecule has 0 aliphatic heterocycles. The average molecular weight is 189 g/mol. The van der Waals surface area contributed by atoms with Crippen LogP contribution in [0.3, 0.4) is 0 Å². The Morgan fingerprint density at radius 1 is 1.64 bits per heavy atom. The minimum atomic E-state index is -1.08. The Morgan fingerprint density at radius 3 is 3.07 bits per heavy atom. The van der Waals surface area contributed by atoms with Crippen molar-refractivity contribution in [2.45, 2.75) is 6.42 Å². The van der Waals surface area contributed by atoms with Gasteiger partial charge in [0.1, 0.15) is 12.0 Å². The molecule has 0 fully saturated rings. The number of aldehydes is 1. The molecule has 0 aromatic carbocycles. The molecular weight excluding hydrogens is 182 g/mol. The quantitative estimate of drug-likeness (QED) is 0.549. The third-order valence-electron chi connectivity index (χ3n) is 1.43. The summed E-state index contributed by atoms with van der Waals surface area (Å²) in [5.74, 6) is 3.95. The second-order valence-corrected chi connectivity index (χ2v) is 2.38. The van der Waals surface area contributed by atoms with Gasteiger partial charge in [0.05, 0.1) is 12.0 Å². The number of hydrogen-bond donors (Lipinski definition) is 1. The standard InChI is InChI=1S/C10H7NO3/c12-7-2-1-5-9-8(10(13)14)4-3-6-11-9/h3-4,6-7H,2H2,(H,13,14). The van der Waals surface area contributed by atoms with Crippen LogP contribution in [0.5, 0.6) is 0 Å². The van der Waals surface area contributed by atoms with Gasteiger partial charge in [-0.2, -0.15) is 0 Å². The Bertz CT molecular complexity index is 415. The number of carboxylic acid groups (broad SMARTS) is 1. The van der Waals surface area contributed by atoms with Gasteiger partial charge in [-0.1, -0.05) is 5.92 Å². The maximum Gasteiger partial charge on any atom is 0.338 e. The molecule has 0 atom stereocenters. The van der Waals surface area contributed by atoms with Crippen LogP contribution in [0.2, 0.25) is 0 Å². The van der Waals surface area contributed by atoms with Crippen LogP contribution in [0.1, 0.15) is 22.5 Å². The summed E-state index contributed by atoms with van der Waals surface area (Å²) in [6.07, 6.45) is 2.18. The summed E-state index contributed by atoms with van der Waals surface area (Å²) in [5.41, 5.74) is 0.229. The van der Waals surface area contributed by atoms with Crippen LogP contribution in [0.15, 0.2) is 18.3 Å². The molecule has 0 saturated carbocycles. The Morgan fingerprint density at radius 2 is 2.43 bits per heavy atom. The van der Waals surface area contributed by atoms with E-state index < -0.39 is 5.97 Å². The highest BCUT2D eigenvalue weighted by Crippen LogP contribution is 2.03. The summed E-state index contributed by atoms with van der Waals surface area (Å²) >= 11 is 0. The molecule has 1 heterocycles. The van der Waals surface area contributed by atoms with Gasteiger partial charge >= 0.3 is 5.97 Å². The van der Waals surface area contributed by atoms with Crippen molar-refractivity contribution < 1.29 is 14.7 Å². The lowest BCUT2D eigenvalue weighted by Crippen LogP contribution is -2.01. The first-order chi connectivity index (χ1) is 6.75. The summed E-state index contributed by atoms with van der Waals surface area (Å²) < 4.78 is 0. The van der Waals surface area contributed by atoms with Crippen LogP contribution in [-0.2, 0) is 4.79 Å². The lowest BCUT2D eigenvalue weighted by Gasteiger charge is -1.95. The molecule has 0 radical (unpaired) electrons. The summed E-state index contributed by atoms with van der Waals surface area (Å²) in [6, 6.07) is 2.94. The molecule has 4 nitrogen and oxygen atoms in total. The number of rotatable bonds is 2. The minimum Gasteiger partial charge on any atom is -0.478 e. The van der Waals surface area contributed by atoms with Crippen molar-refractivity contribution in [3.05, 3.63) is 29.6 Å². The zero-order valence-electron chi connectivity index (χ0n) is 7.23. The van der Waals surface area contributed by atoms with Crippen LogP contribution in [0.4, 0.5) is 0 Å². The second-order valence-electron chi connectivity index (χ2n) is 2.38. The number of aromatic carboxylic acids is 1. The van der Waals surface area contributed by atoms with E-state index in [1.807, 2.05) is 0 Å². The summed E-state index contributed by atoms with van der Waals surface area (Å²) in [5, 5.41) is 8.74. The monoisotopic (exact) mass is 189 g/mol. The topological polar surface area (TPSA) is 67.3 Å². The average Bonchev–Trinajstić information content (AvgIpc) is 2.19. The fraction of sp³-hybridized carbons (Fsp3) is 0.100. The molecule has 1 N–H and O–H groups in total. The van der Waals surface area contributed by atoms with Crippen LogP contribution in [-0.4, -0.2) is 22.3 Å². The van der Waals surface area contributed by atoms with Crippen LogP contribution >= 0.6 is 0 Å². The number of aromatic nitrogens is 1. The largest absolute Gasteiger partial charge is 0.478 e. The Kier molecular flexibility index (Phi) is 3.39. The number of carboxylic acids is 1. The number of carbonyl (C=O) groups is 2. The summed E-state index contributed by atoms with van der Waals surface area (Å²) in [7, 11) is 0. The van der Waals surface area contributed by atoms with E-state index in [-0.39, 0.29) is 17.7 Å². The van der Waals surface area contributed by atoms with E-state index in [4.69, 9.17) is 5.11 Å². The number of hydrogen-bond acceptors (Lipinski definition) is 3. The Balaban J connectivity index is 3.03. The van der Waals surface area contributed by atoms with Gasteiger partial charge in [-0.15, -0.1) is 0 Å². The molecule has 0 spiro atoms. The van der Waals surface area contributed by atoms with Gasteiger partial charge in [-0.05, 0) is 18.1 Å². The van der Waals surface area contributed by atoms with Crippen molar-refractivity contribution in [2.24, 2.45) is 0 Å². The summed E-state index contributed by atoms with van der Waals surface area (Å²) in [6.45, 7) is 0. The van der Waals surface area contributed by atoms with E-state index in [0.29, 0.717) is 6.29 Å². The molecule has 1 rings (SSSR count). The third kappa shape index (κ3) is 2.42. The molecule has 0 aliphatic rings. The highest BCUT2D eigenvalue weighted by atomic mass is 16.4. The predicted molar refractivity (Wildman–Crippen MR) is 48.8 cm³/mol. The first-order valence-corrected chi connectivity index (χ1v) is 3.86. The predicted octanol–water partition coefficient (Wildman–Crippen LogP) is 0.720. The van der Waals surface area contributed by atoms with E-state index >= 15 is 0 Å². The number of carbonyl (C=O) groups excluding carboxylic acids is 1. The van der Waals surface area contributed by atoms with Crippen LogP contribution in [0, 0.1) is 11.8 Å². The molecular formula is C10H7NO3. The van der Waals surface area contributed by atoms with Gasteiger partial charge in [0, 0.05) is 6.20 Å². The fourth-order valence-electron chi connectivity index (χ4n) is 0.854. The molecule has 0 bridgehead atoms. The Hall–Kier alpha value is -2.15. The molecule has 0 saturated heterocycles. The minimum absolute atomic E-state index is 0.0471. The Labute approximate surface area is 80.6 Å². The van der Waals surface area contributed by atoms with Gasteiger partial charge in [-0.3, -0.25) is 0 Å². The normalized spacial score (nSPS) is 8.57. The lowest BCUT2D eigenvalue weighted by atomic mass is 10.2. The van der Waals surface area contributed by atoms with Crippen molar-refractivity contribution in [1.29, 1.82) is 0 Å². The first-order valence-electron chi connectivity index (χ1n) is 3.86. The molecule has 0 unspecified atom stereocenters. The molecule has 0 aliphatic carbocycles. The number of nitrogens with zero attached hydrogens (tertiary/aromatic N) is 1. The van der Waals surface area contributed by atoms with Crippen molar-refractivity contribution in [3.63, 3.8) is 0 Å². The highest BCUT2D eigenvalue weighted by Gasteiger charge is 2.07. The zero-order valence-corrected chi connectivity index (χ0v) is 7.23. The van der Waals surface area contributed by atoms with Gasteiger partial charge in [-0.25, -0.2) is 9.78 Å². The molecule has 70 valence electrons. The molecule has 1 aromatic heterocycles.